The van der Waals surface area contributed by atoms with Crippen LogP contribution in [0.25, 0.3) is 0 Å². The van der Waals surface area contributed by atoms with E-state index in [2.05, 4.69) is 18.7 Å². The van der Waals surface area contributed by atoms with Gasteiger partial charge in [0.05, 0.1) is 12.2 Å². The third-order valence-corrected chi connectivity index (χ3v) is 8.41. The normalized spacial score (nSPS) is 43.0. The van der Waals surface area contributed by atoms with Crippen LogP contribution in [-0.2, 0) is 14.3 Å². The molecule has 5 atom stereocenters. The molecule has 0 aromatic heterocycles. The number of allylic oxidation sites excluding steroid dienone is 2. The average Bonchev–Trinajstić information content (AvgIpc) is 3.07. The fourth-order valence-corrected chi connectivity index (χ4v) is 7.15. The third-order valence-electron chi connectivity index (χ3n) is 8.41. The van der Waals surface area contributed by atoms with Crippen molar-refractivity contribution in [3.05, 3.63) is 33.6 Å². The number of piperidine rings is 1. The van der Waals surface area contributed by atoms with E-state index in [1.807, 2.05) is 0 Å². The van der Waals surface area contributed by atoms with Gasteiger partial charge in [0.1, 0.15) is 5.76 Å². The van der Waals surface area contributed by atoms with E-state index < -0.39 is 0 Å². The molecule has 0 unspecified atom stereocenters. The Morgan fingerprint density at radius 3 is 2.78 bits per heavy atom. The number of hydrogen-bond acceptors (Lipinski definition) is 5. The second-order valence-corrected chi connectivity index (χ2v) is 9.48. The zero-order chi connectivity index (χ0) is 18.7. The van der Waals surface area contributed by atoms with Crippen LogP contribution in [0.4, 0.5) is 0 Å². The number of cyclic esters (lactones) is 1. The van der Waals surface area contributed by atoms with Gasteiger partial charge in [-0.1, -0.05) is 13.8 Å². The number of fused-ring (bicyclic) bond motifs is 3. The second kappa shape index (κ2) is 4.93. The first-order valence-electron chi connectivity index (χ1n) is 10.3. The zero-order valence-corrected chi connectivity index (χ0v) is 15.9. The molecule has 1 N–H and O–H groups in total. The number of aliphatic hydroxyl groups excluding tert-OH is 1. The van der Waals surface area contributed by atoms with Gasteiger partial charge in [-0.3, -0.25) is 9.69 Å². The molecule has 3 aliphatic heterocycles. The predicted octanol–water partition coefficient (Wildman–Crippen LogP) is 2.69. The van der Waals surface area contributed by atoms with E-state index in [0.29, 0.717) is 54.2 Å². The molecule has 0 spiro atoms. The Balaban J connectivity index is 1.73. The van der Waals surface area contributed by atoms with Crippen LogP contribution in [0, 0.1) is 23.2 Å². The van der Waals surface area contributed by atoms with Crippen molar-refractivity contribution in [2.45, 2.75) is 45.6 Å². The smallest absolute Gasteiger partial charge is 0.339 e. The fourth-order valence-electron chi connectivity index (χ4n) is 7.15. The number of carbonyl (C=O) groups excluding carboxylic acids is 2. The van der Waals surface area contributed by atoms with E-state index in [9.17, 15) is 14.7 Å². The van der Waals surface area contributed by atoms with E-state index in [0.717, 1.165) is 42.7 Å². The van der Waals surface area contributed by atoms with Crippen molar-refractivity contribution in [3.8, 4) is 0 Å². The number of carbonyl (C=O) groups is 2. The number of rotatable bonds is 0. The average molecular weight is 367 g/mol. The van der Waals surface area contributed by atoms with Gasteiger partial charge in [-0.15, -0.1) is 0 Å². The Morgan fingerprint density at radius 2 is 1.96 bits per heavy atom. The topological polar surface area (TPSA) is 66.8 Å². The van der Waals surface area contributed by atoms with Crippen LogP contribution in [0.3, 0.4) is 0 Å². The summed E-state index contributed by atoms with van der Waals surface area (Å²) in [6, 6.07) is 0.330. The van der Waals surface area contributed by atoms with Crippen LogP contribution in [0.1, 0.15) is 39.5 Å². The third kappa shape index (κ3) is 1.71. The SMILES string of the molecule is C[C@@H]1CN2C[C@H]3CCC(=O)C4=C5C(=C(O)[C@@H]1C[C@@H]2[C@]53C)C1=C4CCOC1=O. The molecular weight excluding hydrogens is 342 g/mol. The van der Waals surface area contributed by atoms with Gasteiger partial charge in [-0.05, 0) is 35.8 Å². The van der Waals surface area contributed by atoms with Crippen LogP contribution < -0.4 is 0 Å². The summed E-state index contributed by atoms with van der Waals surface area (Å²) in [6.45, 7) is 6.82. The molecule has 3 aliphatic carbocycles. The summed E-state index contributed by atoms with van der Waals surface area (Å²) in [6.07, 6.45) is 2.93. The van der Waals surface area contributed by atoms with Crippen molar-refractivity contribution >= 4 is 11.8 Å². The lowest BCUT2D eigenvalue weighted by Crippen LogP contribution is -2.47. The minimum absolute atomic E-state index is 0.0502. The van der Waals surface area contributed by atoms with Gasteiger partial charge in [0.2, 0.25) is 0 Å². The molecular formula is C22H25NO4. The van der Waals surface area contributed by atoms with Crippen LogP contribution >= 0.6 is 0 Å². The van der Waals surface area contributed by atoms with E-state index in [1.54, 1.807) is 0 Å². The molecule has 0 aromatic rings. The van der Waals surface area contributed by atoms with Crippen molar-refractivity contribution in [2.24, 2.45) is 23.2 Å². The maximum atomic E-state index is 13.2. The molecule has 5 heteroatoms. The van der Waals surface area contributed by atoms with Gasteiger partial charge in [0.15, 0.2) is 5.78 Å². The molecule has 2 saturated heterocycles. The lowest BCUT2D eigenvalue weighted by molar-refractivity contribution is -0.139. The Bertz CT molecular complexity index is 909. The molecule has 2 bridgehead atoms. The molecule has 6 rings (SSSR count). The van der Waals surface area contributed by atoms with Crippen molar-refractivity contribution < 1.29 is 19.4 Å². The minimum Gasteiger partial charge on any atom is -0.511 e. The molecule has 5 nitrogen and oxygen atoms in total. The monoisotopic (exact) mass is 367 g/mol. The summed E-state index contributed by atoms with van der Waals surface area (Å²) in [5, 5.41) is 11.4. The number of esters is 1. The Hall–Kier alpha value is -1.88. The maximum Gasteiger partial charge on any atom is 0.339 e. The van der Waals surface area contributed by atoms with Gasteiger partial charge in [-0.2, -0.15) is 0 Å². The highest BCUT2D eigenvalue weighted by Crippen LogP contribution is 2.64. The van der Waals surface area contributed by atoms with Gasteiger partial charge in [0, 0.05) is 54.5 Å². The lowest BCUT2D eigenvalue weighted by Gasteiger charge is -2.43. The van der Waals surface area contributed by atoms with Crippen LogP contribution in [0.2, 0.25) is 0 Å². The van der Waals surface area contributed by atoms with Gasteiger partial charge >= 0.3 is 5.97 Å². The number of ether oxygens (including phenoxy) is 1. The molecule has 0 saturated carbocycles. The molecule has 0 radical (unpaired) electrons. The minimum atomic E-state index is -0.363. The van der Waals surface area contributed by atoms with E-state index in [4.69, 9.17) is 4.74 Å². The van der Waals surface area contributed by atoms with Crippen molar-refractivity contribution in [2.75, 3.05) is 19.7 Å². The molecule has 3 heterocycles. The van der Waals surface area contributed by atoms with Gasteiger partial charge < -0.3 is 9.84 Å². The highest BCUT2D eigenvalue weighted by molar-refractivity contribution is 6.11. The van der Waals surface area contributed by atoms with Crippen LogP contribution in [0.15, 0.2) is 33.6 Å². The summed E-state index contributed by atoms with van der Waals surface area (Å²) in [7, 11) is 0. The van der Waals surface area contributed by atoms with E-state index in [1.165, 1.54) is 0 Å². The summed E-state index contributed by atoms with van der Waals surface area (Å²) in [5.41, 5.74) is 3.58. The summed E-state index contributed by atoms with van der Waals surface area (Å²) >= 11 is 0. The standard InChI is InChI=1S/C22H25NO4/c1-10-8-23-9-11-3-4-14(24)16-12-5-6-27-21(26)17(12)18-19(16)22(11,2)15(23)7-13(10)20(18)25/h10-11,13,15,25H,3-9H2,1-2H3/t10-,11-,13-,15-,22-/m1/s1. The number of hydrogen-bond donors (Lipinski definition) is 1. The highest BCUT2D eigenvalue weighted by atomic mass is 16.5. The first-order valence-corrected chi connectivity index (χ1v) is 10.3. The largest absolute Gasteiger partial charge is 0.511 e. The fraction of sp³-hybridized carbons (Fsp3) is 0.636. The Morgan fingerprint density at radius 1 is 1.15 bits per heavy atom. The molecule has 6 aliphatic rings. The van der Waals surface area contributed by atoms with Crippen LogP contribution in [-0.4, -0.2) is 47.5 Å². The number of Topliss-reactive ketones (excluding diaryl/α,β-unsaturated/α-hetero) is 1. The molecule has 27 heavy (non-hydrogen) atoms. The van der Waals surface area contributed by atoms with Gasteiger partial charge in [0.25, 0.3) is 0 Å². The molecule has 142 valence electrons. The second-order valence-electron chi connectivity index (χ2n) is 9.48. The van der Waals surface area contributed by atoms with Crippen molar-refractivity contribution in [1.82, 2.24) is 4.90 Å². The molecule has 0 amide bonds. The summed E-state index contributed by atoms with van der Waals surface area (Å²) in [5.74, 6) is 0.902. The van der Waals surface area contributed by atoms with E-state index >= 15 is 0 Å². The Labute approximate surface area is 158 Å². The lowest BCUT2D eigenvalue weighted by atomic mass is 9.65. The number of aliphatic hydroxyl groups is 1. The van der Waals surface area contributed by atoms with Crippen molar-refractivity contribution in [3.63, 3.8) is 0 Å². The van der Waals surface area contributed by atoms with Crippen LogP contribution in [0.5, 0.6) is 0 Å². The summed E-state index contributed by atoms with van der Waals surface area (Å²) < 4.78 is 5.36. The number of ketones is 1. The molecule has 0 aromatic carbocycles. The quantitative estimate of drug-likeness (QED) is 0.667. The van der Waals surface area contributed by atoms with E-state index in [-0.39, 0.29) is 23.1 Å². The highest BCUT2D eigenvalue weighted by Gasteiger charge is 2.62. The predicted molar refractivity (Wildman–Crippen MR) is 97.8 cm³/mol. The Kier molecular flexibility index (Phi) is 2.94. The first kappa shape index (κ1) is 16.1. The number of nitrogens with zero attached hydrogens (tertiary/aromatic N) is 1. The molecule has 2 fully saturated rings. The summed E-state index contributed by atoms with van der Waals surface area (Å²) in [4.78, 5) is 28.6. The zero-order valence-electron chi connectivity index (χ0n) is 15.9. The van der Waals surface area contributed by atoms with Crippen molar-refractivity contribution in [1.29, 1.82) is 0 Å². The maximum absolute atomic E-state index is 13.2. The first-order chi connectivity index (χ1) is 12.9. The van der Waals surface area contributed by atoms with Gasteiger partial charge in [-0.25, -0.2) is 4.79 Å².